The Bertz CT molecular complexity index is 1520. The number of ether oxygens (including phenoxy) is 3. The zero-order valence-electron chi connectivity index (χ0n) is 20.2. The number of carbonyl (C=O) groups excluding carboxylic acids is 1. The van der Waals surface area contributed by atoms with Crippen LogP contribution < -0.4 is 25.2 Å². The fourth-order valence-corrected chi connectivity index (χ4v) is 4.52. The zero-order valence-corrected chi connectivity index (χ0v) is 21.8. The predicted molar refractivity (Wildman–Crippen MR) is 145 cm³/mol. The second kappa shape index (κ2) is 11.8. The monoisotopic (exact) mass is 538 g/mol. The van der Waals surface area contributed by atoms with Crippen LogP contribution >= 0.6 is 23.4 Å². The number of hydrogen-bond donors (Lipinski definition) is 1. The summed E-state index contributed by atoms with van der Waals surface area (Å²) in [5, 5.41) is 5.42. The standard InChI is InChI=1S/C26H23ClN4O5S/c1-34-21-13-8-16(23(35-2)24(21)36-3)14-28-30-22(32)15-37-26-29-20-7-5-4-6-19(20)25(33)31(26)18-11-9-17(27)10-12-18/h4-14H,15H2,1-3H3,(H,30,32)/b28-14-. The molecule has 0 bridgehead atoms. The van der Waals surface area contributed by atoms with Gasteiger partial charge >= 0.3 is 0 Å². The first-order valence-corrected chi connectivity index (χ1v) is 12.3. The summed E-state index contributed by atoms with van der Waals surface area (Å²) in [6.45, 7) is 0. The van der Waals surface area contributed by atoms with Gasteiger partial charge in [0.25, 0.3) is 11.5 Å². The van der Waals surface area contributed by atoms with Gasteiger partial charge in [0.05, 0.1) is 49.9 Å². The number of nitrogens with zero attached hydrogens (tertiary/aromatic N) is 3. The predicted octanol–water partition coefficient (Wildman–Crippen LogP) is 4.31. The molecule has 0 radical (unpaired) electrons. The highest BCUT2D eigenvalue weighted by molar-refractivity contribution is 7.99. The Morgan fingerprint density at radius 2 is 1.76 bits per heavy atom. The quantitative estimate of drug-likeness (QED) is 0.146. The lowest BCUT2D eigenvalue weighted by molar-refractivity contribution is -0.118. The molecule has 0 fully saturated rings. The molecule has 4 rings (SSSR count). The Morgan fingerprint density at radius 3 is 2.46 bits per heavy atom. The first-order valence-electron chi connectivity index (χ1n) is 11.0. The molecule has 190 valence electrons. The molecule has 0 aliphatic heterocycles. The van der Waals surface area contributed by atoms with E-state index in [1.165, 1.54) is 32.1 Å². The molecule has 37 heavy (non-hydrogen) atoms. The van der Waals surface area contributed by atoms with Crippen LogP contribution in [0, 0.1) is 0 Å². The van der Waals surface area contributed by atoms with Crippen molar-refractivity contribution < 1.29 is 19.0 Å². The zero-order chi connectivity index (χ0) is 26.4. The van der Waals surface area contributed by atoms with Crippen molar-refractivity contribution in [1.29, 1.82) is 0 Å². The SMILES string of the molecule is COc1ccc(/C=N\NC(=O)CSc2nc3ccccc3c(=O)n2-c2ccc(Cl)cc2)c(OC)c1OC. The number of hydrazone groups is 1. The average molecular weight is 539 g/mol. The van der Waals surface area contributed by atoms with Gasteiger partial charge in [-0.3, -0.25) is 14.2 Å². The molecule has 0 spiro atoms. The van der Waals surface area contributed by atoms with Crippen molar-refractivity contribution in [3.8, 4) is 22.9 Å². The molecule has 0 saturated heterocycles. The van der Waals surface area contributed by atoms with E-state index in [1.807, 2.05) is 0 Å². The Kier molecular flexibility index (Phi) is 8.32. The van der Waals surface area contributed by atoms with Gasteiger partial charge in [-0.05, 0) is 48.5 Å². The maximum absolute atomic E-state index is 13.3. The molecule has 1 heterocycles. The summed E-state index contributed by atoms with van der Waals surface area (Å²) in [6, 6.07) is 17.3. The molecule has 1 aromatic heterocycles. The molecule has 9 nitrogen and oxygen atoms in total. The van der Waals surface area contributed by atoms with E-state index in [-0.39, 0.29) is 17.2 Å². The van der Waals surface area contributed by atoms with E-state index >= 15 is 0 Å². The van der Waals surface area contributed by atoms with Crippen LogP contribution in [-0.4, -0.2) is 48.8 Å². The summed E-state index contributed by atoms with van der Waals surface area (Å²) in [5.74, 6) is 0.927. The van der Waals surface area contributed by atoms with Gasteiger partial charge in [0.1, 0.15) is 0 Å². The van der Waals surface area contributed by atoms with Crippen LogP contribution in [0.1, 0.15) is 5.56 Å². The number of amides is 1. The fourth-order valence-electron chi connectivity index (χ4n) is 3.59. The van der Waals surface area contributed by atoms with E-state index in [0.29, 0.717) is 49.6 Å². The van der Waals surface area contributed by atoms with Crippen LogP contribution in [0.2, 0.25) is 5.02 Å². The summed E-state index contributed by atoms with van der Waals surface area (Å²) >= 11 is 7.14. The second-order valence-electron chi connectivity index (χ2n) is 7.53. The highest BCUT2D eigenvalue weighted by atomic mass is 35.5. The molecule has 0 aliphatic rings. The van der Waals surface area contributed by atoms with Gasteiger partial charge in [-0.1, -0.05) is 35.5 Å². The molecule has 3 aromatic carbocycles. The number of rotatable bonds is 9. The molecule has 0 atom stereocenters. The maximum Gasteiger partial charge on any atom is 0.266 e. The van der Waals surface area contributed by atoms with Crippen LogP contribution in [0.3, 0.4) is 0 Å². The summed E-state index contributed by atoms with van der Waals surface area (Å²) in [5.41, 5.74) is 3.96. The number of methoxy groups -OCH3 is 3. The van der Waals surface area contributed by atoms with Gasteiger partial charge in [-0.25, -0.2) is 10.4 Å². The van der Waals surface area contributed by atoms with E-state index in [1.54, 1.807) is 60.7 Å². The number of nitrogens with one attached hydrogen (secondary N) is 1. The number of para-hydroxylation sites is 1. The lowest BCUT2D eigenvalue weighted by atomic mass is 10.2. The third-order valence-electron chi connectivity index (χ3n) is 5.29. The van der Waals surface area contributed by atoms with Crippen molar-refractivity contribution in [3.63, 3.8) is 0 Å². The van der Waals surface area contributed by atoms with Gasteiger partial charge in [0.15, 0.2) is 16.7 Å². The van der Waals surface area contributed by atoms with Crippen molar-refractivity contribution >= 4 is 46.4 Å². The Hall–Kier alpha value is -4.02. The highest BCUT2D eigenvalue weighted by Gasteiger charge is 2.16. The fraction of sp³-hybridized carbons (Fsp3) is 0.154. The highest BCUT2D eigenvalue weighted by Crippen LogP contribution is 2.39. The van der Waals surface area contributed by atoms with E-state index in [2.05, 4.69) is 15.5 Å². The lowest BCUT2D eigenvalue weighted by Crippen LogP contribution is -2.24. The maximum atomic E-state index is 13.3. The van der Waals surface area contributed by atoms with Crippen molar-refractivity contribution in [1.82, 2.24) is 15.0 Å². The molecule has 0 aliphatic carbocycles. The Labute approximate surface area is 222 Å². The number of benzene rings is 3. The molecule has 0 saturated carbocycles. The lowest BCUT2D eigenvalue weighted by Gasteiger charge is -2.13. The van der Waals surface area contributed by atoms with Gasteiger partial charge in [0, 0.05) is 10.6 Å². The van der Waals surface area contributed by atoms with Crippen LogP contribution in [0.25, 0.3) is 16.6 Å². The number of carbonyl (C=O) groups is 1. The van der Waals surface area contributed by atoms with E-state index in [0.717, 1.165) is 11.8 Å². The number of halogens is 1. The molecule has 11 heteroatoms. The molecular formula is C26H23ClN4O5S. The van der Waals surface area contributed by atoms with Gasteiger partial charge in [-0.15, -0.1) is 0 Å². The van der Waals surface area contributed by atoms with Crippen LogP contribution in [0.5, 0.6) is 17.2 Å². The first kappa shape index (κ1) is 26.1. The first-order chi connectivity index (χ1) is 18.0. The number of aromatic nitrogens is 2. The minimum absolute atomic E-state index is 0.0290. The van der Waals surface area contributed by atoms with E-state index in [9.17, 15) is 9.59 Å². The molecule has 1 amide bonds. The number of fused-ring (bicyclic) bond motifs is 1. The van der Waals surface area contributed by atoms with Gasteiger partial charge in [-0.2, -0.15) is 5.10 Å². The minimum atomic E-state index is -0.384. The number of thioether (sulfide) groups is 1. The van der Waals surface area contributed by atoms with Crippen molar-refractivity contribution in [3.05, 3.63) is 81.6 Å². The summed E-state index contributed by atoms with van der Waals surface area (Å²) in [7, 11) is 4.53. The Morgan fingerprint density at radius 1 is 1.03 bits per heavy atom. The molecule has 0 unspecified atom stereocenters. The summed E-state index contributed by atoms with van der Waals surface area (Å²) in [4.78, 5) is 30.5. The summed E-state index contributed by atoms with van der Waals surface area (Å²) < 4.78 is 17.5. The van der Waals surface area contributed by atoms with E-state index < -0.39 is 0 Å². The number of hydrogen-bond acceptors (Lipinski definition) is 8. The van der Waals surface area contributed by atoms with E-state index in [4.69, 9.17) is 25.8 Å². The van der Waals surface area contributed by atoms with Gasteiger partial charge < -0.3 is 14.2 Å². The topological polar surface area (TPSA) is 104 Å². The van der Waals surface area contributed by atoms with Crippen molar-refractivity contribution in [2.75, 3.05) is 27.1 Å². The Balaban J connectivity index is 1.54. The van der Waals surface area contributed by atoms with Gasteiger partial charge in [0.2, 0.25) is 5.75 Å². The molecular weight excluding hydrogens is 516 g/mol. The van der Waals surface area contributed by atoms with Crippen LogP contribution in [0.15, 0.2) is 75.7 Å². The van der Waals surface area contributed by atoms with Crippen LogP contribution in [0.4, 0.5) is 0 Å². The van der Waals surface area contributed by atoms with Crippen LogP contribution in [-0.2, 0) is 4.79 Å². The minimum Gasteiger partial charge on any atom is -0.493 e. The average Bonchev–Trinajstić information content (AvgIpc) is 2.92. The van der Waals surface area contributed by atoms with Crippen molar-refractivity contribution in [2.45, 2.75) is 5.16 Å². The van der Waals surface area contributed by atoms with Crippen molar-refractivity contribution in [2.24, 2.45) is 5.10 Å². The normalized spacial score (nSPS) is 11.0. The smallest absolute Gasteiger partial charge is 0.266 e. The second-order valence-corrected chi connectivity index (χ2v) is 8.91. The molecule has 4 aromatic rings. The largest absolute Gasteiger partial charge is 0.493 e. The molecule has 1 N–H and O–H groups in total. The third kappa shape index (κ3) is 5.71. The summed E-state index contributed by atoms with van der Waals surface area (Å²) in [6.07, 6.45) is 1.45. The third-order valence-corrected chi connectivity index (χ3v) is 6.48.